The number of benzene rings is 2. The highest BCUT2D eigenvalue weighted by molar-refractivity contribution is 5.76. The molecule has 0 heterocycles. The lowest BCUT2D eigenvalue weighted by Gasteiger charge is -2.28. The van der Waals surface area contributed by atoms with Crippen molar-refractivity contribution in [3.05, 3.63) is 57.6 Å². The Morgan fingerprint density at radius 2 is 0.762 bits per heavy atom. The second kappa shape index (κ2) is 13.9. The molecule has 0 bridgehead atoms. The molecule has 2 amide bonds. The van der Waals surface area contributed by atoms with Gasteiger partial charge in [0.25, 0.3) is 0 Å². The Hall–Kier alpha value is -3.10. The largest absolute Gasteiger partial charge is 0.507 e. The van der Waals surface area contributed by atoms with E-state index in [0.717, 1.165) is 33.4 Å². The molecule has 8 N–H and O–H groups in total. The van der Waals surface area contributed by atoms with Crippen LogP contribution >= 0.6 is 0 Å². The zero-order valence-electron chi connectivity index (χ0n) is 28.0. The van der Waals surface area contributed by atoms with Crippen LogP contribution in [0.3, 0.4) is 0 Å². The zero-order chi connectivity index (χ0) is 32.8. The van der Waals surface area contributed by atoms with E-state index in [4.69, 9.17) is 11.7 Å². The molecule has 0 unspecified atom stereocenters. The van der Waals surface area contributed by atoms with Crippen LogP contribution in [0, 0.1) is 0 Å². The van der Waals surface area contributed by atoms with Gasteiger partial charge in [-0.3, -0.25) is 20.4 Å². The number of carbonyl (C=O) groups is 2. The van der Waals surface area contributed by atoms with E-state index in [9.17, 15) is 19.8 Å². The number of aromatic hydroxyl groups is 2. The molecular weight excluding hydrogens is 528 g/mol. The van der Waals surface area contributed by atoms with Crippen LogP contribution in [0.15, 0.2) is 24.3 Å². The molecule has 2 rings (SSSR count). The SMILES string of the molecule is CC(C)(C)c1cc(CCC(=O)NN)cc(C(C)(C)C)c1O.CC(C)(C)c1cc(CCC(=O)NN)cc(C(C)(C)C)c1O. The predicted octanol–water partition coefficient (Wildman–Crippen LogP) is 5.82. The monoisotopic (exact) mass is 584 g/mol. The fraction of sp³-hybridized carbons (Fsp3) is 0.588. The number of amides is 2. The molecule has 2 aromatic rings. The Bertz CT molecular complexity index is 1070. The summed E-state index contributed by atoms with van der Waals surface area (Å²) in [5.41, 5.74) is 9.42. The van der Waals surface area contributed by atoms with E-state index in [1.54, 1.807) is 0 Å². The summed E-state index contributed by atoms with van der Waals surface area (Å²) < 4.78 is 0. The Kier molecular flexibility index (Phi) is 12.2. The molecule has 0 radical (unpaired) electrons. The number of phenols is 2. The van der Waals surface area contributed by atoms with E-state index in [-0.39, 0.29) is 33.5 Å². The molecule has 0 saturated heterocycles. The molecule has 236 valence electrons. The molecule has 8 nitrogen and oxygen atoms in total. The summed E-state index contributed by atoms with van der Waals surface area (Å²) in [6.45, 7) is 24.9. The number of rotatable bonds is 6. The third-order valence-electron chi connectivity index (χ3n) is 7.17. The molecule has 0 aromatic heterocycles. The first-order valence-corrected chi connectivity index (χ1v) is 14.7. The minimum Gasteiger partial charge on any atom is -0.507 e. The van der Waals surface area contributed by atoms with Crippen LogP contribution in [0.4, 0.5) is 0 Å². The van der Waals surface area contributed by atoms with Gasteiger partial charge in [0, 0.05) is 12.8 Å². The maximum absolute atomic E-state index is 11.3. The van der Waals surface area contributed by atoms with Gasteiger partial charge in [0.15, 0.2) is 0 Å². The average molecular weight is 585 g/mol. The summed E-state index contributed by atoms with van der Waals surface area (Å²) in [6.07, 6.45) is 1.90. The van der Waals surface area contributed by atoms with Gasteiger partial charge in [-0.2, -0.15) is 0 Å². The maximum atomic E-state index is 11.3. The minimum absolute atomic E-state index is 0.157. The van der Waals surface area contributed by atoms with E-state index in [2.05, 4.69) is 93.9 Å². The third-order valence-corrected chi connectivity index (χ3v) is 7.17. The molecule has 0 fully saturated rings. The van der Waals surface area contributed by atoms with Crippen LogP contribution in [-0.4, -0.2) is 22.0 Å². The lowest BCUT2D eigenvalue weighted by molar-refractivity contribution is -0.121. The van der Waals surface area contributed by atoms with E-state index >= 15 is 0 Å². The van der Waals surface area contributed by atoms with Crippen molar-refractivity contribution in [1.29, 1.82) is 0 Å². The number of hydrogen-bond donors (Lipinski definition) is 6. The van der Waals surface area contributed by atoms with Gasteiger partial charge >= 0.3 is 0 Å². The van der Waals surface area contributed by atoms with Crippen LogP contribution in [0.1, 0.15) is 129 Å². The molecule has 0 aliphatic rings. The average Bonchev–Trinajstić information content (AvgIpc) is 2.84. The minimum atomic E-state index is -0.183. The number of hydrazine groups is 2. The molecular formula is C34H56N4O4. The van der Waals surface area contributed by atoms with E-state index in [1.807, 2.05) is 24.3 Å². The lowest BCUT2D eigenvalue weighted by Crippen LogP contribution is -2.30. The fourth-order valence-electron chi connectivity index (χ4n) is 4.62. The van der Waals surface area contributed by atoms with Gasteiger partial charge in [0.1, 0.15) is 11.5 Å². The molecule has 0 atom stereocenters. The Morgan fingerprint density at radius 3 is 0.929 bits per heavy atom. The summed E-state index contributed by atoms with van der Waals surface area (Å²) in [6, 6.07) is 7.98. The molecule has 0 aliphatic carbocycles. The topological polar surface area (TPSA) is 151 Å². The van der Waals surface area contributed by atoms with Crippen LogP contribution in [0.25, 0.3) is 0 Å². The molecule has 0 aliphatic heterocycles. The first kappa shape index (κ1) is 36.9. The van der Waals surface area contributed by atoms with Crippen molar-refractivity contribution < 1.29 is 19.8 Å². The molecule has 0 saturated carbocycles. The zero-order valence-corrected chi connectivity index (χ0v) is 28.0. The van der Waals surface area contributed by atoms with Gasteiger partial charge in [-0.25, -0.2) is 11.7 Å². The summed E-state index contributed by atoms with van der Waals surface area (Å²) in [4.78, 5) is 22.7. The molecule has 42 heavy (non-hydrogen) atoms. The van der Waals surface area contributed by atoms with Crippen molar-refractivity contribution in [3.8, 4) is 11.5 Å². The first-order chi connectivity index (χ1) is 18.9. The van der Waals surface area contributed by atoms with E-state index in [0.29, 0.717) is 37.2 Å². The second-order valence-electron chi connectivity index (χ2n) is 15.2. The normalized spacial score (nSPS) is 12.3. The number of phenolic OH excluding ortho intramolecular Hbond substituents is 2. The Morgan fingerprint density at radius 1 is 0.548 bits per heavy atom. The van der Waals surface area contributed by atoms with Crippen LogP contribution in [-0.2, 0) is 44.1 Å². The standard InChI is InChI=1S/2C17H28N2O2/c2*1-16(2,3)12-9-11(7-8-14(20)19-18)10-13(15(12)21)17(4,5)6/h2*9-10,21H,7-8,18H2,1-6H3,(H,19,20). The lowest BCUT2D eigenvalue weighted by atomic mass is 9.78. The van der Waals surface area contributed by atoms with Gasteiger partial charge in [-0.15, -0.1) is 0 Å². The van der Waals surface area contributed by atoms with Crippen LogP contribution < -0.4 is 22.5 Å². The highest BCUT2D eigenvalue weighted by atomic mass is 16.3. The highest BCUT2D eigenvalue weighted by Crippen LogP contribution is 2.41. The quantitative estimate of drug-likeness (QED) is 0.143. The van der Waals surface area contributed by atoms with Crippen molar-refractivity contribution in [2.45, 2.75) is 130 Å². The van der Waals surface area contributed by atoms with E-state index in [1.165, 1.54) is 0 Å². The van der Waals surface area contributed by atoms with Crippen molar-refractivity contribution in [2.75, 3.05) is 0 Å². The summed E-state index contributed by atoms with van der Waals surface area (Å²) in [5.74, 6) is 10.6. The highest BCUT2D eigenvalue weighted by Gasteiger charge is 2.28. The number of nitrogens with one attached hydrogen (secondary N) is 2. The predicted molar refractivity (Wildman–Crippen MR) is 172 cm³/mol. The van der Waals surface area contributed by atoms with Gasteiger partial charge < -0.3 is 10.2 Å². The number of carbonyl (C=O) groups excluding carboxylic acids is 2. The fourth-order valence-corrected chi connectivity index (χ4v) is 4.62. The summed E-state index contributed by atoms with van der Waals surface area (Å²) >= 11 is 0. The number of hydrogen-bond acceptors (Lipinski definition) is 6. The summed E-state index contributed by atoms with van der Waals surface area (Å²) in [7, 11) is 0. The second-order valence-corrected chi connectivity index (χ2v) is 15.2. The van der Waals surface area contributed by atoms with Gasteiger partial charge in [-0.1, -0.05) is 107 Å². The smallest absolute Gasteiger partial charge is 0.234 e. The van der Waals surface area contributed by atoms with Crippen LogP contribution in [0.5, 0.6) is 11.5 Å². The van der Waals surface area contributed by atoms with Crippen molar-refractivity contribution in [1.82, 2.24) is 10.9 Å². The van der Waals surface area contributed by atoms with Gasteiger partial charge in [-0.05, 0) is 67.9 Å². The van der Waals surface area contributed by atoms with Gasteiger partial charge in [0.05, 0.1) is 0 Å². The number of nitrogens with two attached hydrogens (primary N) is 2. The Balaban J connectivity index is 0.000000420. The Labute approximate surface area is 253 Å². The number of aryl methyl sites for hydroxylation is 2. The first-order valence-electron chi connectivity index (χ1n) is 14.7. The maximum Gasteiger partial charge on any atom is 0.234 e. The molecule has 2 aromatic carbocycles. The third kappa shape index (κ3) is 10.6. The van der Waals surface area contributed by atoms with E-state index < -0.39 is 0 Å². The van der Waals surface area contributed by atoms with Gasteiger partial charge in [0.2, 0.25) is 11.8 Å². The summed E-state index contributed by atoms with van der Waals surface area (Å²) in [5, 5.41) is 21.2. The van der Waals surface area contributed by atoms with Crippen molar-refractivity contribution >= 4 is 11.8 Å². The molecule has 8 heteroatoms. The van der Waals surface area contributed by atoms with Crippen LogP contribution in [0.2, 0.25) is 0 Å². The van der Waals surface area contributed by atoms with Crippen molar-refractivity contribution in [2.24, 2.45) is 11.7 Å². The molecule has 0 spiro atoms. The van der Waals surface area contributed by atoms with Crippen molar-refractivity contribution in [3.63, 3.8) is 0 Å².